The van der Waals surface area contributed by atoms with Crippen LogP contribution in [0.15, 0.2) is 12.1 Å². The number of methoxy groups -OCH3 is 1. The Hall–Kier alpha value is -0.320. The lowest BCUT2D eigenvalue weighted by atomic mass is 9.97. The average molecular weight is 312 g/mol. The Morgan fingerprint density at radius 1 is 1.20 bits per heavy atom. The summed E-state index contributed by atoms with van der Waals surface area (Å²) < 4.78 is 5.39. The molecule has 1 heterocycles. The van der Waals surface area contributed by atoms with Gasteiger partial charge in [0.15, 0.2) is 0 Å². The SMILES string of the molecule is COc1cc(C)c(C(N)C2CSC(C)C(C)S2)cc1C. The van der Waals surface area contributed by atoms with Crippen LogP contribution in [-0.4, -0.2) is 28.6 Å². The molecule has 4 heteroatoms. The van der Waals surface area contributed by atoms with Crippen LogP contribution in [0, 0.1) is 13.8 Å². The van der Waals surface area contributed by atoms with E-state index in [2.05, 4.69) is 39.8 Å². The fraction of sp³-hybridized carbons (Fsp3) is 0.625. The zero-order chi connectivity index (χ0) is 14.9. The van der Waals surface area contributed by atoms with Crippen molar-refractivity contribution in [1.82, 2.24) is 0 Å². The predicted molar refractivity (Wildman–Crippen MR) is 92.2 cm³/mol. The molecule has 2 rings (SSSR count). The lowest BCUT2D eigenvalue weighted by Gasteiger charge is -2.35. The Kier molecular flexibility index (Phi) is 5.32. The van der Waals surface area contributed by atoms with E-state index in [0.717, 1.165) is 16.8 Å². The van der Waals surface area contributed by atoms with E-state index < -0.39 is 0 Å². The maximum Gasteiger partial charge on any atom is 0.122 e. The van der Waals surface area contributed by atoms with E-state index in [1.807, 2.05) is 23.5 Å². The van der Waals surface area contributed by atoms with Gasteiger partial charge in [-0.1, -0.05) is 19.9 Å². The summed E-state index contributed by atoms with van der Waals surface area (Å²) >= 11 is 4.09. The summed E-state index contributed by atoms with van der Waals surface area (Å²) in [4.78, 5) is 0. The van der Waals surface area contributed by atoms with Gasteiger partial charge in [-0.15, -0.1) is 0 Å². The van der Waals surface area contributed by atoms with E-state index in [-0.39, 0.29) is 6.04 Å². The van der Waals surface area contributed by atoms with Gasteiger partial charge in [0.25, 0.3) is 0 Å². The smallest absolute Gasteiger partial charge is 0.122 e. The molecule has 112 valence electrons. The average Bonchev–Trinajstić information content (AvgIpc) is 2.43. The minimum atomic E-state index is 0.104. The molecule has 0 saturated carbocycles. The lowest BCUT2D eigenvalue weighted by Crippen LogP contribution is -2.34. The molecular weight excluding hydrogens is 286 g/mol. The normalized spacial score (nSPS) is 28.2. The number of hydrogen-bond donors (Lipinski definition) is 1. The van der Waals surface area contributed by atoms with Gasteiger partial charge in [-0.05, 0) is 36.6 Å². The summed E-state index contributed by atoms with van der Waals surface area (Å²) in [6.45, 7) is 8.84. The van der Waals surface area contributed by atoms with E-state index in [0.29, 0.717) is 10.5 Å². The molecule has 20 heavy (non-hydrogen) atoms. The third kappa shape index (κ3) is 3.29. The summed E-state index contributed by atoms with van der Waals surface area (Å²) in [5, 5.41) is 1.89. The van der Waals surface area contributed by atoms with Crippen molar-refractivity contribution in [2.45, 2.75) is 49.5 Å². The summed E-state index contributed by atoms with van der Waals surface area (Å²) in [5.74, 6) is 2.09. The molecule has 1 fully saturated rings. The maximum absolute atomic E-state index is 6.56. The number of ether oxygens (including phenoxy) is 1. The van der Waals surface area contributed by atoms with E-state index in [4.69, 9.17) is 10.5 Å². The molecule has 0 radical (unpaired) electrons. The number of rotatable bonds is 3. The molecule has 4 atom stereocenters. The molecule has 0 aliphatic carbocycles. The van der Waals surface area contributed by atoms with E-state index in [1.54, 1.807) is 7.11 Å². The number of benzene rings is 1. The molecule has 4 unspecified atom stereocenters. The lowest BCUT2D eigenvalue weighted by molar-refractivity contribution is 0.411. The Morgan fingerprint density at radius 2 is 1.90 bits per heavy atom. The first-order valence-electron chi connectivity index (χ1n) is 7.11. The minimum Gasteiger partial charge on any atom is -0.496 e. The standard InChI is InChI=1S/C16H25NOS2/c1-9-7-14(18-5)10(2)6-13(9)16(17)15-8-19-11(3)12(4)20-15/h6-7,11-12,15-16H,8,17H2,1-5H3. The highest BCUT2D eigenvalue weighted by Crippen LogP contribution is 2.41. The molecule has 1 saturated heterocycles. The highest BCUT2D eigenvalue weighted by atomic mass is 32.2. The number of nitrogens with two attached hydrogens (primary N) is 1. The molecule has 1 aliphatic rings. The molecule has 0 amide bonds. The summed E-state index contributed by atoms with van der Waals surface area (Å²) in [7, 11) is 1.72. The van der Waals surface area contributed by atoms with Crippen LogP contribution >= 0.6 is 23.5 Å². The maximum atomic E-state index is 6.56. The molecule has 0 bridgehead atoms. The second-order valence-electron chi connectivity index (χ2n) is 5.62. The Morgan fingerprint density at radius 3 is 2.50 bits per heavy atom. The predicted octanol–water partition coefficient (Wildman–Crippen LogP) is 3.94. The number of aryl methyl sites for hydroxylation is 2. The first-order chi connectivity index (χ1) is 9.43. The van der Waals surface area contributed by atoms with Crippen molar-refractivity contribution >= 4 is 23.5 Å². The van der Waals surface area contributed by atoms with Crippen LogP contribution in [0.4, 0.5) is 0 Å². The molecule has 0 aromatic heterocycles. The summed E-state index contributed by atoms with van der Waals surface area (Å²) in [6.07, 6.45) is 0. The van der Waals surface area contributed by atoms with Crippen molar-refractivity contribution < 1.29 is 4.74 Å². The molecular formula is C16H25NOS2. The van der Waals surface area contributed by atoms with Crippen LogP contribution < -0.4 is 10.5 Å². The van der Waals surface area contributed by atoms with E-state index in [9.17, 15) is 0 Å². The molecule has 2 nitrogen and oxygen atoms in total. The molecule has 1 aromatic carbocycles. The van der Waals surface area contributed by atoms with Crippen molar-refractivity contribution in [3.8, 4) is 5.75 Å². The van der Waals surface area contributed by atoms with Gasteiger partial charge in [0.1, 0.15) is 5.75 Å². The number of hydrogen-bond acceptors (Lipinski definition) is 4. The minimum absolute atomic E-state index is 0.104. The Labute approximate surface area is 131 Å². The van der Waals surface area contributed by atoms with Gasteiger partial charge in [-0.2, -0.15) is 23.5 Å². The Balaban J connectivity index is 2.21. The van der Waals surface area contributed by atoms with E-state index >= 15 is 0 Å². The van der Waals surface area contributed by atoms with Gasteiger partial charge in [0, 0.05) is 27.5 Å². The second kappa shape index (κ2) is 6.63. The van der Waals surface area contributed by atoms with Crippen molar-refractivity contribution in [1.29, 1.82) is 0 Å². The zero-order valence-corrected chi connectivity index (χ0v) is 14.6. The molecule has 0 spiro atoms. The fourth-order valence-electron chi connectivity index (χ4n) is 2.59. The Bertz CT molecular complexity index is 478. The number of thioether (sulfide) groups is 2. The first-order valence-corrected chi connectivity index (χ1v) is 9.11. The monoisotopic (exact) mass is 311 g/mol. The summed E-state index contributed by atoms with van der Waals surface area (Å²) in [5.41, 5.74) is 10.2. The van der Waals surface area contributed by atoms with E-state index in [1.165, 1.54) is 16.7 Å². The summed E-state index contributed by atoms with van der Waals surface area (Å²) in [6, 6.07) is 4.41. The van der Waals surface area contributed by atoms with Crippen LogP contribution in [0.5, 0.6) is 5.75 Å². The third-order valence-corrected chi connectivity index (χ3v) is 7.63. The largest absolute Gasteiger partial charge is 0.496 e. The van der Waals surface area contributed by atoms with Gasteiger partial charge in [-0.25, -0.2) is 0 Å². The van der Waals surface area contributed by atoms with Crippen LogP contribution in [0.2, 0.25) is 0 Å². The third-order valence-electron chi connectivity index (χ3n) is 4.12. The second-order valence-corrected chi connectivity index (χ2v) is 8.65. The van der Waals surface area contributed by atoms with Crippen molar-refractivity contribution in [2.75, 3.05) is 12.9 Å². The molecule has 1 aromatic rings. The van der Waals surface area contributed by atoms with Crippen molar-refractivity contribution in [3.05, 3.63) is 28.8 Å². The van der Waals surface area contributed by atoms with Crippen LogP contribution in [0.3, 0.4) is 0 Å². The highest BCUT2D eigenvalue weighted by Gasteiger charge is 2.31. The quantitative estimate of drug-likeness (QED) is 0.917. The van der Waals surface area contributed by atoms with Gasteiger partial charge in [0.2, 0.25) is 0 Å². The van der Waals surface area contributed by atoms with Crippen molar-refractivity contribution in [2.24, 2.45) is 5.73 Å². The highest BCUT2D eigenvalue weighted by molar-refractivity contribution is 8.07. The van der Waals surface area contributed by atoms with Crippen LogP contribution in [-0.2, 0) is 0 Å². The van der Waals surface area contributed by atoms with Gasteiger partial charge >= 0.3 is 0 Å². The van der Waals surface area contributed by atoms with Gasteiger partial charge < -0.3 is 10.5 Å². The van der Waals surface area contributed by atoms with Gasteiger partial charge in [-0.3, -0.25) is 0 Å². The van der Waals surface area contributed by atoms with Crippen molar-refractivity contribution in [3.63, 3.8) is 0 Å². The van der Waals surface area contributed by atoms with Gasteiger partial charge in [0.05, 0.1) is 7.11 Å². The van der Waals surface area contributed by atoms with Crippen LogP contribution in [0.25, 0.3) is 0 Å². The first kappa shape index (κ1) is 16.1. The fourth-order valence-corrected chi connectivity index (χ4v) is 5.63. The topological polar surface area (TPSA) is 35.2 Å². The zero-order valence-electron chi connectivity index (χ0n) is 13.0. The molecule has 2 N–H and O–H groups in total. The molecule has 1 aliphatic heterocycles. The van der Waals surface area contributed by atoms with Crippen LogP contribution in [0.1, 0.15) is 36.6 Å².